The second kappa shape index (κ2) is 8.13. The van der Waals surface area contributed by atoms with Gasteiger partial charge < -0.3 is 4.90 Å². The van der Waals surface area contributed by atoms with Gasteiger partial charge in [-0.15, -0.1) is 0 Å². The Balaban J connectivity index is 1.57. The van der Waals surface area contributed by atoms with Crippen molar-refractivity contribution in [3.05, 3.63) is 65.7 Å². The minimum atomic E-state index is -3.30. The fourth-order valence-electron chi connectivity index (χ4n) is 3.48. The Labute approximate surface area is 161 Å². The van der Waals surface area contributed by atoms with Gasteiger partial charge >= 0.3 is 0 Å². The Kier molecular flexibility index (Phi) is 5.85. The summed E-state index contributed by atoms with van der Waals surface area (Å²) in [6.07, 6.45) is 4.24. The standard InChI is InChI=1S/C21H26N2O3S/c1-22(27(2,25)26)20-10-8-19(9-11-20)21(24)23-14-12-18(13-15-23)16-17-6-4-3-5-7-17/h3-11,18H,12-16H2,1-2H3. The topological polar surface area (TPSA) is 57.7 Å². The van der Waals surface area contributed by atoms with Gasteiger partial charge in [0.2, 0.25) is 10.0 Å². The molecule has 0 N–H and O–H groups in total. The molecule has 27 heavy (non-hydrogen) atoms. The first-order valence-corrected chi connectivity index (χ1v) is 11.1. The van der Waals surface area contributed by atoms with Crippen LogP contribution in [0.1, 0.15) is 28.8 Å². The van der Waals surface area contributed by atoms with E-state index < -0.39 is 10.0 Å². The average Bonchev–Trinajstić information content (AvgIpc) is 2.68. The third kappa shape index (κ3) is 4.89. The number of amides is 1. The molecule has 5 nitrogen and oxygen atoms in total. The molecule has 0 atom stereocenters. The van der Waals surface area contributed by atoms with Gasteiger partial charge in [-0.1, -0.05) is 30.3 Å². The molecule has 0 spiro atoms. The molecule has 1 heterocycles. The molecule has 1 amide bonds. The molecule has 0 aromatic heterocycles. The summed E-state index contributed by atoms with van der Waals surface area (Å²) in [6.45, 7) is 1.53. The lowest BCUT2D eigenvalue weighted by Gasteiger charge is -2.32. The molecule has 1 aliphatic rings. The van der Waals surface area contributed by atoms with E-state index in [0.29, 0.717) is 17.2 Å². The van der Waals surface area contributed by atoms with Crippen molar-refractivity contribution in [3.63, 3.8) is 0 Å². The predicted octanol–water partition coefficient (Wildman–Crippen LogP) is 3.18. The summed E-state index contributed by atoms with van der Waals surface area (Å²) in [7, 11) is -1.80. The van der Waals surface area contributed by atoms with Gasteiger partial charge in [-0.25, -0.2) is 8.42 Å². The molecule has 1 saturated heterocycles. The highest BCUT2D eigenvalue weighted by atomic mass is 32.2. The van der Waals surface area contributed by atoms with E-state index in [1.54, 1.807) is 24.3 Å². The van der Waals surface area contributed by atoms with Crippen LogP contribution in [0.5, 0.6) is 0 Å². The largest absolute Gasteiger partial charge is 0.339 e. The molecule has 0 bridgehead atoms. The first kappa shape index (κ1) is 19.4. The molecule has 1 aliphatic heterocycles. The fourth-order valence-corrected chi connectivity index (χ4v) is 3.98. The van der Waals surface area contributed by atoms with E-state index in [0.717, 1.165) is 38.6 Å². The summed E-state index contributed by atoms with van der Waals surface area (Å²) in [5.74, 6) is 0.629. The minimum Gasteiger partial charge on any atom is -0.339 e. The van der Waals surface area contributed by atoms with Gasteiger partial charge in [-0.2, -0.15) is 0 Å². The number of carbonyl (C=O) groups is 1. The summed E-state index contributed by atoms with van der Waals surface area (Å²) in [4.78, 5) is 14.6. The number of hydrogen-bond acceptors (Lipinski definition) is 3. The SMILES string of the molecule is CN(c1ccc(C(=O)N2CCC(Cc3ccccc3)CC2)cc1)S(C)(=O)=O. The molecular weight excluding hydrogens is 360 g/mol. The van der Waals surface area contributed by atoms with Crippen LogP contribution in [0.15, 0.2) is 54.6 Å². The van der Waals surface area contributed by atoms with Gasteiger partial charge in [0.05, 0.1) is 11.9 Å². The Morgan fingerprint density at radius 3 is 2.19 bits per heavy atom. The molecule has 0 saturated carbocycles. The zero-order valence-corrected chi connectivity index (χ0v) is 16.7. The van der Waals surface area contributed by atoms with Crippen LogP contribution < -0.4 is 4.31 Å². The van der Waals surface area contributed by atoms with E-state index in [4.69, 9.17) is 0 Å². The molecule has 2 aromatic carbocycles. The lowest BCUT2D eigenvalue weighted by atomic mass is 9.90. The summed E-state index contributed by atoms with van der Waals surface area (Å²) >= 11 is 0. The van der Waals surface area contributed by atoms with Gasteiger partial charge in [0.15, 0.2) is 0 Å². The molecule has 0 aliphatic carbocycles. The Morgan fingerprint density at radius 2 is 1.63 bits per heavy atom. The van der Waals surface area contributed by atoms with Crippen LogP contribution >= 0.6 is 0 Å². The predicted molar refractivity (Wildman–Crippen MR) is 108 cm³/mol. The maximum absolute atomic E-state index is 12.7. The quantitative estimate of drug-likeness (QED) is 0.793. The van der Waals surface area contributed by atoms with Crippen LogP contribution in [0.25, 0.3) is 0 Å². The normalized spacial score (nSPS) is 15.6. The number of likely N-dealkylation sites (tertiary alicyclic amines) is 1. The molecule has 144 valence electrons. The van der Waals surface area contributed by atoms with Crippen LogP contribution in [-0.4, -0.2) is 45.6 Å². The number of benzene rings is 2. The molecule has 0 radical (unpaired) electrons. The van der Waals surface area contributed by atoms with E-state index in [-0.39, 0.29) is 5.91 Å². The molecule has 2 aromatic rings. The van der Waals surface area contributed by atoms with Gasteiger partial charge in [0, 0.05) is 25.7 Å². The fraction of sp³-hybridized carbons (Fsp3) is 0.381. The molecular formula is C21H26N2O3S. The van der Waals surface area contributed by atoms with Gasteiger partial charge in [-0.05, 0) is 55.0 Å². The van der Waals surface area contributed by atoms with E-state index in [1.807, 2.05) is 11.0 Å². The summed E-state index contributed by atoms with van der Waals surface area (Å²) < 4.78 is 24.4. The Morgan fingerprint density at radius 1 is 1.04 bits per heavy atom. The molecule has 3 rings (SSSR count). The van der Waals surface area contributed by atoms with Crippen LogP contribution in [0.2, 0.25) is 0 Å². The average molecular weight is 387 g/mol. The third-order valence-electron chi connectivity index (χ3n) is 5.24. The Hall–Kier alpha value is -2.34. The van der Waals surface area contributed by atoms with Gasteiger partial charge in [0.25, 0.3) is 5.91 Å². The van der Waals surface area contributed by atoms with E-state index in [9.17, 15) is 13.2 Å². The van der Waals surface area contributed by atoms with Crippen molar-refractivity contribution in [3.8, 4) is 0 Å². The van der Waals surface area contributed by atoms with Gasteiger partial charge in [0.1, 0.15) is 0 Å². The first-order valence-electron chi connectivity index (χ1n) is 9.22. The highest BCUT2D eigenvalue weighted by molar-refractivity contribution is 7.92. The van der Waals surface area contributed by atoms with Crippen molar-refractivity contribution in [1.29, 1.82) is 0 Å². The van der Waals surface area contributed by atoms with Crippen LogP contribution in [-0.2, 0) is 16.4 Å². The lowest BCUT2D eigenvalue weighted by molar-refractivity contribution is 0.0690. The van der Waals surface area contributed by atoms with Crippen molar-refractivity contribution in [2.45, 2.75) is 19.3 Å². The maximum atomic E-state index is 12.7. The zero-order valence-electron chi connectivity index (χ0n) is 15.8. The van der Waals surface area contributed by atoms with Crippen molar-refractivity contribution in [2.75, 3.05) is 30.7 Å². The van der Waals surface area contributed by atoms with E-state index in [1.165, 1.54) is 16.9 Å². The van der Waals surface area contributed by atoms with Crippen LogP contribution in [0.4, 0.5) is 5.69 Å². The highest BCUT2D eigenvalue weighted by Gasteiger charge is 2.24. The monoisotopic (exact) mass is 386 g/mol. The number of hydrogen-bond donors (Lipinski definition) is 0. The molecule has 6 heteroatoms. The smallest absolute Gasteiger partial charge is 0.253 e. The second-order valence-electron chi connectivity index (χ2n) is 7.20. The maximum Gasteiger partial charge on any atom is 0.253 e. The third-order valence-corrected chi connectivity index (χ3v) is 6.45. The number of carbonyl (C=O) groups excluding carboxylic acids is 1. The number of piperidine rings is 1. The number of anilines is 1. The van der Waals surface area contributed by atoms with Crippen molar-refractivity contribution in [1.82, 2.24) is 4.90 Å². The van der Waals surface area contributed by atoms with Crippen molar-refractivity contribution < 1.29 is 13.2 Å². The van der Waals surface area contributed by atoms with E-state index >= 15 is 0 Å². The molecule has 1 fully saturated rings. The number of rotatable bonds is 5. The molecule has 0 unspecified atom stereocenters. The summed E-state index contributed by atoms with van der Waals surface area (Å²) in [5.41, 5.74) is 2.51. The van der Waals surface area contributed by atoms with Crippen LogP contribution in [0, 0.1) is 5.92 Å². The minimum absolute atomic E-state index is 0.0155. The highest BCUT2D eigenvalue weighted by Crippen LogP contribution is 2.24. The number of nitrogens with zero attached hydrogens (tertiary/aromatic N) is 2. The summed E-state index contributed by atoms with van der Waals surface area (Å²) in [5, 5.41) is 0. The van der Waals surface area contributed by atoms with E-state index in [2.05, 4.69) is 24.3 Å². The van der Waals surface area contributed by atoms with Gasteiger partial charge in [-0.3, -0.25) is 9.10 Å². The summed E-state index contributed by atoms with van der Waals surface area (Å²) in [6, 6.07) is 17.2. The zero-order chi connectivity index (χ0) is 19.4. The van der Waals surface area contributed by atoms with Crippen molar-refractivity contribution >= 4 is 21.6 Å². The Bertz CT molecular complexity index is 871. The number of sulfonamides is 1. The van der Waals surface area contributed by atoms with Crippen molar-refractivity contribution in [2.24, 2.45) is 5.92 Å². The van der Waals surface area contributed by atoms with Crippen LogP contribution in [0.3, 0.4) is 0 Å². The first-order chi connectivity index (χ1) is 12.8. The second-order valence-corrected chi connectivity index (χ2v) is 9.22. The lowest BCUT2D eigenvalue weighted by Crippen LogP contribution is -2.38.